The number of H-pyrrole nitrogens is 1. The predicted octanol–water partition coefficient (Wildman–Crippen LogP) is 4.30. The van der Waals surface area contributed by atoms with Crippen LogP contribution in [-0.4, -0.2) is 19.9 Å². The van der Waals surface area contributed by atoms with Gasteiger partial charge in [0.05, 0.1) is 22.4 Å². The Balaban J connectivity index is 1.92. The molecular formula is C19H16N4. The van der Waals surface area contributed by atoms with E-state index in [9.17, 15) is 0 Å². The molecular weight excluding hydrogens is 284 g/mol. The topological polar surface area (TPSA) is 54.5 Å². The molecule has 0 amide bonds. The van der Waals surface area contributed by atoms with Gasteiger partial charge in [-0.2, -0.15) is 0 Å². The summed E-state index contributed by atoms with van der Waals surface area (Å²) in [6.07, 6.45) is 3.78. The molecule has 4 heteroatoms. The fourth-order valence-corrected chi connectivity index (χ4v) is 2.85. The third kappa shape index (κ3) is 2.38. The average molecular weight is 300 g/mol. The van der Waals surface area contributed by atoms with Crippen LogP contribution in [0.25, 0.3) is 33.5 Å². The van der Waals surface area contributed by atoms with Crippen LogP contribution < -0.4 is 0 Å². The Labute approximate surface area is 134 Å². The monoisotopic (exact) mass is 300 g/mol. The third-order valence-electron chi connectivity index (χ3n) is 3.95. The van der Waals surface area contributed by atoms with E-state index in [4.69, 9.17) is 4.98 Å². The summed E-state index contributed by atoms with van der Waals surface area (Å²) in [7, 11) is 0. The van der Waals surface area contributed by atoms with E-state index in [-0.39, 0.29) is 0 Å². The Hall–Kier alpha value is -3.01. The molecule has 0 unspecified atom stereocenters. The van der Waals surface area contributed by atoms with Crippen molar-refractivity contribution in [1.29, 1.82) is 0 Å². The van der Waals surface area contributed by atoms with Gasteiger partial charge in [0, 0.05) is 34.9 Å². The molecule has 0 radical (unpaired) electrons. The van der Waals surface area contributed by atoms with Crippen molar-refractivity contribution >= 4 is 11.0 Å². The molecule has 0 atom stereocenters. The molecule has 23 heavy (non-hydrogen) atoms. The normalized spacial score (nSPS) is 11.0. The predicted molar refractivity (Wildman–Crippen MR) is 92.0 cm³/mol. The highest BCUT2D eigenvalue weighted by atomic mass is 14.8. The molecule has 0 aromatic carbocycles. The molecule has 4 rings (SSSR count). The second-order valence-electron chi connectivity index (χ2n) is 5.60. The zero-order valence-corrected chi connectivity index (χ0v) is 13.0. The quantitative estimate of drug-likeness (QED) is 0.600. The molecule has 0 aliphatic heterocycles. The van der Waals surface area contributed by atoms with E-state index in [0.29, 0.717) is 0 Å². The van der Waals surface area contributed by atoms with Gasteiger partial charge in [-0.05, 0) is 50.2 Å². The van der Waals surface area contributed by atoms with E-state index in [1.807, 2.05) is 55.6 Å². The van der Waals surface area contributed by atoms with Crippen LogP contribution in [-0.2, 0) is 0 Å². The molecule has 0 saturated heterocycles. The average Bonchev–Trinajstić information content (AvgIpc) is 2.96. The standard InChI is InChI=1S/C19H16N4/c1-12-5-3-6-18(22-12)19-13(2)21-11-14(19)15-8-9-16-17(23-15)7-4-10-20-16/h3-11,21H,1-2H3. The molecule has 0 bridgehead atoms. The van der Waals surface area contributed by atoms with Gasteiger partial charge >= 0.3 is 0 Å². The number of pyridine rings is 3. The van der Waals surface area contributed by atoms with Gasteiger partial charge in [0.25, 0.3) is 0 Å². The van der Waals surface area contributed by atoms with Crippen LogP contribution in [0.5, 0.6) is 0 Å². The molecule has 112 valence electrons. The SMILES string of the molecule is Cc1cccc(-c2c(-c3ccc4ncccc4n3)c[nH]c2C)n1. The summed E-state index contributed by atoms with van der Waals surface area (Å²) in [5.41, 5.74) is 7.94. The van der Waals surface area contributed by atoms with Gasteiger partial charge in [0.1, 0.15) is 0 Å². The highest BCUT2D eigenvalue weighted by Gasteiger charge is 2.15. The number of hydrogen-bond donors (Lipinski definition) is 1. The van der Waals surface area contributed by atoms with Crippen molar-refractivity contribution in [3.05, 3.63) is 66.2 Å². The Kier molecular flexibility index (Phi) is 3.15. The van der Waals surface area contributed by atoms with E-state index in [1.165, 1.54) is 0 Å². The Morgan fingerprint density at radius 3 is 2.61 bits per heavy atom. The fourth-order valence-electron chi connectivity index (χ4n) is 2.85. The minimum absolute atomic E-state index is 0.895. The van der Waals surface area contributed by atoms with Crippen LogP contribution in [0.1, 0.15) is 11.4 Å². The lowest BCUT2D eigenvalue weighted by molar-refractivity contribution is 1.19. The first-order chi connectivity index (χ1) is 11.2. The number of hydrogen-bond acceptors (Lipinski definition) is 3. The number of aromatic nitrogens is 4. The summed E-state index contributed by atoms with van der Waals surface area (Å²) in [6, 6.07) is 14.0. The van der Waals surface area contributed by atoms with Crippen molar-refractivity contribution in [3.63, 3.8) is 0 Å². The summed E-state index contributed by atoms with van der Waals surface area (Å²) in [4.78, 5) is 17.1. The molecule has 0 aliphatic rings. The van der Waals surface area contributed by atoms with Gasteiger partial charge in [0.15, 0.2) is 0 Å². The Morgan fingerprint density at radius 1 is 0.826 bits per heavy atom. The van der Waals surface area contributed by atoms with E-state index in [1.54, 1.807) is 6.20 Å². The van der Waals surface area contributed by atoms with Gasteiger partial charge < -0.3 is 4.98 Å². The van der Waals surface area contributed by atoms with Gasteiger partial charge in [0.2, 0.25) is 0 Å². The van der Waals surface area contributed by atoms with Gasteiger partial charge in [-0.1, -0.05) is 6.07 Å². The number of aryl methyl sites for hydroxylation is 2. The first-order valence-corrected chi connectivity index (χ1v) is 7.56. The number of aromatic amines is 1. The maximum atomic E-state index is 4.76. The van der Waals surface area contributed by atoms with E-state index >= 15 is 0 Å². The molecule has 4 aromatic heterocycles. The van der Waals surface area contributed by atoms with Crippen molar-refractivity contribution in [3.8, 4) is 22.5 Å². The first kappa shape index (κ1) is 13.6. The minimum atomic E-state index is 0.895. The molecule has 4 aromatic rings. The molecule has 0 fully saturated rings. The number of nitrogens with one attached hydrogen (secondary N) is 1. The molecule has 0 saturated carbocycles. The molecule has 1 N–H and O–H groups in total. The van der Waals surface area contributed by atoms with Crippen LogP contribution in [0, 0.1) is 13.8 Å². The van der Waals surface area contributed by atoms with E-state index in [0.717, 1.165) is 44.9 Å². The van der Waals surface area contributed by atoms with Gasteiger partial charge in [-0.25, -0.2) is 4.98 Å². The number of nitrogens with zero attached hydrogens (tertiary/aromatic N) is 3. The largest absolute Gasteiger partial charge is 0.364 e. The van der Waals surface area contributed by atoms with Crippen LogP contribution in [0.15, 0.2) is 54.9 Å². The number of rotatable bonds is 2. The van der Waals surface area contributed by atoms with Crippen molar-refractivity contribution in [2.75, 3.05) is 0 Å². The maximum Gasteiger partial charge on any atom is 0.0894 e. The van der Waals surface area contributed by atoms with Crippen LogP contribution in [0.2, 0.25) is 0 Å². The summed E-state index contributed by atoms with van der Waals surface area (Å²) in [6.45, 7) is 4.07. The highest BCUT2D eigenvalue weighted by Crippen LogP contribution is 2.33. The van der Waals surface area contributed by atoms with Crippen LogP contribution >= 0.6 is 0 Å². The summed E-state index contributed by atoms with van der Waals surface area (Å²) < 4.78 is 0. The summed E-state index contributed by atoms with van der Waals surface area (Å²) in [5, 5.41) is 0. The second-order valence-corrected chi connectivity index (χ2v) is 5.60. The van der Waals surface area contributed by atoms with Gasteiger partial charge in [-0.15, -0.1) is 0 Å². The Bertz CT molecular complexity index is 1000. The zero-order valence-electron chi connectivity index (χ0n) is 13.0. The smallest absolute Gasteiger partial charge is 0.0894 e. The third-order valence-corrected chi connectivity index (χ3v) is 3.95. The van der Waals surface area contributed by atoms with Crippen molar-refractivity contribution < 1.29 is 0 Å². The summed E-state index contributed by atoms with van der Waals surface area (Å²) in [5.74, 6) is 0. The lowest BCUT2D eigenvalue weighted by Crippen LogP contribution is -1.91. The zero-order chi connectivity index (χ0) is 15.8. The van der Waals surface area contributed by atoms with Crippen molar-refractivity contribution in [2.45, 2.75) is 13.8 Å². The van der Waals surface area contributed by atoms with Crippen LogP contribution in [0.3, 0.4) is 0 Å². The fraction of sp³-hybridized carbons (Fsp3) is 0.105. The second kappa shape index (κ2) is 5.32. The lowest BCUT2D eigenvalue weighted by Gasteiger charge is -2.07. The Morgan fingerprint density at radius 2 is 1.74 bits per heavy atom. The summed E-state index contributed by atoms with van der Waals surface area (Å²) >= 11 is 0. The van der Waals surface area contributed by atoms with Crippen molar-refractivity contribution in [2.24, 2.45) is 0 Å². The number of fused-ring (bicyclic) bond motifs is 1. The first-order valence-electron chi connectivity index (χ1n) is 7.56. The van der Waals surface area contributed by atoms with Gasteiger partial charge in [-0.3, -0.25) is 9.97 Å². The maximum absolute atomic E-state index is 4.76. The van der Waals surface area contributed by atoms with Crippen molar-refractivity contribution in [1.82, 2.24) is 19.9 Å². The molecule has 0 spiro atoms. The van der Waals surface area contributed by atoms with Crippen LogP contribution in [0.4, 0.5) is 0 Å². The molecule has 0 aliphatic carbocycles. The minimum Gasteiger partial charge on any atom is -0.364 e. The molecule has 4 heterocycles. The lowest BCUT2D eigenvalue weighted by atomic mass is 10.0. The molecule has 4 nitrogen and oxygen atoms in total. The highest BCUT2D eigenvalue weighted by molar-refractivity contribution is 5.85. The van der Waals surface area contributed by atoms with E-state index in [2.05, 4.69) is 21.9 Å². The van der Waals surface area contributed by atoms with E-state index < -0.39 is 0 Å².